The molecule has 5 rings (SSSR count). The van der Waals surface area contributed by atoms with Crippen LogP contribution >= 0.6 is 0 Å². The maximum Gasteiger partial charge on any atom is 0.407 e. The molecule has 0 atom stereocenters. The quantitative estimate of drug-likeness (QED) is 0.293. The van der Waals surface area contributed by atoms with Crippen molar-refractivity contribution < 1.29 is 27.5 Å². The molecule has 0 saturated carbocycles. The van der Waals surface area contributed by atoms with Crippen LogP contribution in [0.4, 0.5) is 18.0 Å². The van der Waals surface area contributed by atoms with E-state index in [1.807, 2.05) is 30.3 Å². The predicted molar refractivity (Wildman–Crippen MR) is 149 cm³/mol. The SMILES string of the molecule is CC(C)(C)OC(=O)NCc1cc2cc(-c3ccc(C(=O)N4CCC(F)(F)CC4)cc3)cc(-c3ccc(F)cc3)n2n1. The molecule has 1 saturated heterocycles. The Morgan fingerprint density at radius 1 is 0.927 bits per heavy atom. The fourth-order valence-corrected chi connectivity index (χ4v) is 4.73. The van der Waals surface area contributed by atoms with Crippen molar-refractivity contribution in [2.45, 2.75) is 51.7 Å². The van der Waals surface area contributed by atoms with Crippen molar-refractivity contribution in [3.63, 3.8) is 0 Å². The van der Waals surface area contributed by atoms with Crippen LogP contribution in [0.25, 0.3) is 27.9 Å². The van der Waals surface area contributed by atoms with Gasteiger partial charge < -0.3 is 15.0 Å². The lowest BCUT2D eigenvalue weighted by atomic mass is 10.0. The number of pyridine rings is 1. The van der Waals surface area contributed by atoms with E-state index in [0.29, 0.717) is 17.0 Å². The van der Waals surface area contributed by atoms with Gasteiger partial charge in [0.25, 0.3) is 11.8 Å². The smallest absolute Gasteiger partial charge is 0.407 e. The number of halogens is 3. The molecule has 0 bridgehead atoms. The fraction of sp³-hybridized carbons (Fsp3) is 0.323. The predicted octanol–water partition coefficient (Wildman–Crippen LogP) is 6.70. The van der Waals surface area contributed by atoms with Crippen LogP contribution in [0.1, 0.15) is 49.7 Å². The average molecular weight is 565 g/mol. The number of nitrogens with one attached hydrogen (secondary N) is 1. The second kappa shape index (κ2) is 10.9. The molecular weight excluding hydrogens is 533 g/mol. The Morgan fingerprint density at radius 2 is 1.56 bits per heavy atom. The third kappa shape index (κ3) is 6.70. The van der Waals surface area contributed by atoms with Gasteiger partial charge in [-0.1, -0.05) is 12.1 Å². The number of aromatic nitrogens is 2. The highest BCUT2D eigenvalue weighted by Crippen LogP contribution is 2.31. The number of likely N-dealkylation sites (tertiary alicyclic amines) is 1. The van der Waals surface area contributed by atoms with Crippen LogP contribution < -0.4 is 5.32 Å². The molecule has 1 fully saturated rings. The van der Waals surface area contributed by atoms with E-state index in [1.54, 1.807) is 49.6 Å². The van der Waals surface area contributed by atoms with Gasteiger partial charge in [0.15, 0.2) is 0 Å². The number of alkyl halides is 2. The van der Waals surface area contributed by atoms with Crippen LogP contribution in [0.15, 0.2) is 66.7 Å². The molecule has 0 aliphatic carbocycles. The molecule has 7 nitrogen and oxygen atoms in total. The van der Waals surface area contributed by atoms with Crippen LogP contribution in [0.2, 0.25) is 0 Å². The Hall–Kier alpha value is -4.34. The van der Waals surface area contributed by atoms with E-state index < -0.39 is 17.6 Å². The summed E-state index contributed by atoms with van der Waals surface area (Å²) in [5.74, 6) is -3.35. The number of fused-ring (bicyclic) bond motifs is 1. The summed E-state index contributed by atoms with van der Waals surface area (Å²) in [5.41, 5.74) is 4.25. The van der Waals surface area contributed by atoms with Gasteiger partial charge in [0.2, 0.25) is 0 Å². The standard InChI is InChI=1S/C31H31F3N4O3/c1-30(2,3)41-29(40)35-19-25-18-26-16-23(17-27(38(26)36-25)21-8-10-24(32)11-9-21)20-4-6-22(7-5-20)28(39)37-14-12-31(33,34)13-15-37/h4-11,16-18H,12-15,19H2,1-3H3,(H,35,40). The topological polar surface area (TPSA) is 75.9 Å². The van der Waals surface area contributed by atoms with Gasteiger partial charge in [-0.2, -0.15) is 5.10 Å². The second-order valence-corrected chi connectivity index (χ2v) is 11.2. The van der Waals surface area contributed by atoms with E-state index in [0.717, 1.165) is 22.2 Å². The molecule has 1 N–H and O–H groups in total. The summed E-state index contributed by atoms with van der Waals surface area (Å²) in [6, 6.07) is 18.8. The van der Waals surface area contributed by atoms with Gasteiger partial charge in [0, 0.05) is 37.1 Å². The normalized spacial score (nSPS) is 15.1. The van der Waals surface area contributed by atoms with Crippen LogP contribution in [0, 0.1) is 5.82 Å². The summed E-state index contributed by atoms with van der Waals surface area (Å²) in [5, 5.41) is 7.38. The number of carbonyl (C=O) groups is 2. The minimum absolute atomic E-state index is 0.0254. The summed E-state index contributed by atoms with van der Waals surface area (Å²) in [7, 11) is 0. The van der Waals surface area contributed by atoms with Crippen molar-refractivity contribution in [1.29, 1.82) is 0 Å². The van der Waals surface area contributed by atoms with Gasteiger partial charge in [-0.25, -0.2) is 22.5 Å². The molecule has 1 aliphatic heterocycles. The molecule has 2 amide bonds. The number of alkyl carbamates (subject to hydrolysis) is 1. The summed E-state index contributed by atoms with van der Waals surface area (Å²) >= 11 is 0. The number of carbonyl (C=O) groups excluding carboxylic acids is 2. The fourth-order valence-electron chi connectivity index (χ4n) is 4.73. The summed E-state index contributed by atoms with van der Waals surface area (Å²) in [6.07, 6.45) is -1.21. The lowest BCUT2D eigenvalue weighted by Crippen LogP contribution is -2.42. The molecule has 41 heavy (non-hydrogen) atoms. The first-order chi connectivity index (χ1) is 19.4. The third-order valence-corrected chi connectivity index (χ3v) is 6.81. The first-order valence-electron chi connectivity index (χ1n) is 13.4. The van der Waals surface area contributed by atoms with Crippen molar-refractivity contribution in [2.75, 3.05) is 13.1 Å². The Bertz CT molecular complexity index is 1570. The highest BCUT2D eigenvalue weighted by atomic mass is 19.3. The first kappa shape index (κ1) is 28.2. The van der Waals surface area contributed by atoms with Crippen molar-refractivity contribution in [3.8, 4) is 22.4 Å². The van der Waals surface area contributed by atoms with Crippen LogP contribution in [0.3, 0.4) is 0 Å². The molecule has 2 aromatic carbocycles. The van der Waals surface area contributed by atoms with Crippen LogP contribution in [0.5, 0.6) is 0 Å². The van der Waals surface area contributed by atoms with Gasteiger partial charge in [-0.3, -0.25) is 4.79 Å². The molecule has 0 radical (unpaired) electrons. The highest BCUT2D eigenvalue weighted by molar-refractivity contribution is 5.95. The number of hydrogen-bond acceptors (Lipinski definition) is 4. The maximum absolute atomic E-state index is 13.7. The molecule has 2 aromatic heterocycles. The summed E-state index contributed by atoms with van der Waals surface area (Å²) in [4.78, 5) is 26.5. The van der Waals surface area contributed by atoms with E-state index in [1.165, 1.54) is 17.0 Å². The number of amides is 2. The van der Waals surface area contributed by atoms with E-state index in [-0.39, 0.29) is 44.2 Å². The molecule has 3 heterocycles. The minimum Gasteiger partial charge on any atom is -0.444 e. The molecule has 214 valence electrons. The first-order valence-corrected chi connectivity index (χ1v) is 13.4. The van der Waals surface area contributed by atoms with E-state index >= 15 is 0 Å². The van der Waals surface area contributed by atoms with Crippen molar-refractivity contribution in [1.82, 2.24) is 19.8 Å². The third-order valence-electron chi connectivity index (χ3n) is 6.81. The summed E-state index contributed by atoms with van der Waals surface area (Å²) in [6.45, 7) is 5.55. The molecular formula is C31H31F3N4O3. The number of benzene rings is 2. The van der Waals surface area contributed by atoms with Gasteiger partial charge in [0.1, 0.15) is 11.4 Å². The highest BCUT2D eigenvalue weighted by Gasteiger charge is 2.35. The lowest BCUT2D eigenvalue weighted by Gasteiger charge is -2.31. The van der Waals surface area contributed by atoms with E-state index in [2.05, 4.69) is 10.4 Å². The Balaban J connectivity index is 1.44. The van der Waals surface area contributed by atoms with Gasteiger partial charge in [0.05, 0.1) is 23.4 Å². The molecule has 0 unspecified atom stereocenters. The molecule has 1 aliphatic rings. The number of nitrogens with zero attached hydrogens (tertiary/aromatic N) is 3. The molecule has 4 aromatic rings. The van der Waals surface area contributed by atoms with E-state index in [4.69, 9.17) is 4.74 Å². The van der Waals surface area contributed by atoms with Crippen molar-refractivity contribution in [3.05, 3.63) is 83.8 Å². The van der Waals surface area contributed by atoms with Crippen LogP contribution in [-0.2, 0) is 11.3 Å². The number of piperidine rings is 1. The monoisotopic (exact) mass is 564 g/mol. The zero-order chi connectivity index (χ0) is 29.4. The number of rotatable bonds is 5. The molecule has 10 heteroatoms. The Morgan fingerprint density at radius 3 is 2.20 bits per heavy atom. The number of hydrogen-bond donors (Lipinski definition) is 1. The summed E-state index contributed by atoms with van der Waals surface area (Å²) < 4.78 is 47.8. The maximum atomic E-state index is 13.7. The number of ether oxygens (including phenoxy) is 1. The zero-order valence-corrected chi connectivity index (χ0v) is 23.1. The zero-order valence-electron chi connectivity index (χ0n) is 23.1. The molecule has 0 spiro atoms. The average Bonchev–Trinajstić information content (AvgIpc) is 3.34. The largest absolute Gasteiger partial charge is 0.444 e. The van der Waals surface area contributed by atoms with Crippen molar-refractivity contribution in [2.24, 2.45) is 0 Å². The lowest BCUT2D eigenvalue weighted by molar-refractivity contribution is -0.0494. The van der Waals surface area contributed by atoms with Crippen LogP contribution in [-0.4, -0.2) is 51.1 Å². The van der Waals surface area contributed by atoms with Gasteiger partial charge >= 0.3 is 6.09 Å². The Kier molecular flexibility index (Phi) is 7.50. The second-order valence-electron chi connectivity index (χ2n) is 11.2. The Labute approximate surface area is 235 Å². The van der Waals surface area contributed by atoms with Crippen molar-refractivity contribution >= 4 is 17.5 Å². The van der Waals surface area contributed by atoms with Gasteiger partial charge in [-0.05, 0) is 86.5 Å². The minimum atomic E-state index is -2.72. The van der Waals surface area contributed by atoms with Gasteiger partial charge in [-0.15, -0.1) is 0 Å². The van der Waals surface area contributed by atoms with E-state index in [9.17, 15) is 22.8 Å².